The second-order valence-corrected chi connectivity index (χ2v) is 7.60. The Labute approximate surface area is 186 Å². The van der Waals surface area contributed by atoms with E-state index in [0.29, 0.717) is 25.1 Å². The predicted molar refractivity (Wildman–Crippen MR) is 118 cm³/mol. The molecule has 2 aromatic carbocycles. The van der Waals surface area contributed by atoms with Gasteiger partial charge in [-0.25, -0.2) is 14.6 Å². The minimum atomic E-state index is -0.804. The van der Waals surface area contributed by atoms with E-state index < -0.39 is 18.1 Å². The summed E-state index contributed by atoms with van der Waals surface area (Å²) < 4.78 is 10.3. The summed E-state index contributed by atoms with van der Waals surface area (Å²) in [4.78, 5) is 35.2. The highest BCUT2D eigenvalue weighted by Gasteiger charge is 2.36. The fraction of sp³-hybridized carbons (Fsp3) is 0.292. The van der Waals surface area contributed by atoms with Crippen LogP contribution in [0.25, 0.3) is 0 Å². The monoisotopic (exact) mass is 434 g/mol. The highest BCUT2D eigenvalue weighted by molar-refractivity contribution is 5.84. The van der Waals surface area contributed by atoms with E-state index in [1.54, 1.807) is 18.3 Å². The number of methoxy groups -OCH3 is 2. The number of hydrogen-bond acceptors (Lipinski definition) is 5. The number of imidazole rings is 1. The number of carbonyl (C=O) groups is 2. The summed E-state index contributed by atoms with van der Waals surface area (Å²) in [7, 11) is 2.93. The minimum Gasteiger partial charge on any atom is -0.497 e. The number of nitrogens with one attached hydrogen (secondary N) is 2. The molecule has 1 aliphatic heterocycles. The maximum absolute atomic E-state index is 13.4. The van der Waals surface area contributed by atoms with Crippen LogP contribution in [-0.4, -0.2) is 53.7 Å². The molecule has 166 valence electrons. The van der Waals surface area contributed by atoms with Gasteiger partial charge in [-0.15, -0.1) is 0 Å². The quantitative estimate of drug-likeness (QED) is 0.582. The van der Waals surface area contributed by atoms with Crippen LogP contribution in [0.4, 0.5) is 4.79 Å². The molecule has 0 saturated heterocycles. The first-order chi connectivity index (χ1) is 15.6. The molecular formula is C24H26N4O4. The molecule has 8 nitrogen and oxygen atoms in total. The number of urea groups is 1. The molecule has 3 aromatic rings. The second-order valence-electron chi connectivity index (χ2n) is 7.60. The standard InChI is InChI=1S/C24H26N4O4/c1-31-18-10-6-9-17(14-18)22-21-19(25-15-26-21)11-12-28(22)24(30)27-20(23(29)32-2)13-16-7-4-3-5-8-16/h3-10,14-15,20,22H,11-13H2,1-2H3,(H,25,26)(H,27,30)/t20-,22-/m0/s1. The molecule has 1 aliphatic rings. The number of aromatic nitrogens is 2. The van der Waals surface area contributed by atoms with Gasteiger partial charge < -0.3 is 24.7 Å². The lowest BCUT2D eigenvalue weighted by atomic mass is 9.95. The number of H-pyrrole nitrogens is 1. The molecule has 0 radical (unpaired) electrons. The third kappa shape index (κ3) is 4.44. The molecule has 0 saturated carbocycles. The topological polar surface area (TPSA) is 96.6 Å². The molecule has 2 heterocycles. The lowest BCUT2D eigenvalue weighted by molar-refractivity contribution is -0.142. The Bertz CT molecular complexity index is 1080. The average molecular weight is 434 g/mol. The van der Waals surface area contributed by atoms with Gasteiger partial charge in [0.1, 0.15) is 17.8 Å². The molecule has 0 bridgehead atoms. The number of hydrogen-bond donors (Lipinski definition) is 2. The summed E-state index contributed by atoms with van der Waals surface area (Å²) in [5.74, 6) is 0.208. The van der Waals surface area contributed by atoms with Crippen LogP contribution >= 0.6 is 0 Å². The Kier molecular flexibility index (Phi) is 6.39. The van der Waals surface area contributed by atoms with Crippen molar-refractivity contribution < 1.29 is 19.1 Å². The van der Waals surface area contributed by atoms with E-state index in [4.69, 9.17) is 9.47 Å². The molecule has 0 fully saturated rings. The lowest BCUT2D eigenvalue weighted by Gasteiger charge is -2.36. The van der Waals surface area contributed by atoms with Crippen molar-refractivity contribution in [1.29, 1.82) is 0 Å². The predicted octanol–water partition coefficient (Wildman–Crippen LogP) is 2.86. The largest absolute Gasteiger partial charge is 0.497 e. The van der Waals surface area contributed by atoms with Crippen LogP contribution in [0.3, 0.4) is 0 Å². The van der Waals surface area contributed by atoms with Crippen molar-refractivity contribution in [3.63, 3.8) is 0 Å². The molecule has 0 unspecified atom stereocenters. The van der Waals surface area contributed by atoms with Gasteiger partial charge in [0.05, 0.1) is 26.2 Å². The highest BCUT2D eigenvalue weighted by atomic mass is 16.5. The van der Waals surface area contributed by atoms with Gasteiger partial charge in [0.25, 0.3) is 0 Å². The molecule has 2 amide bonds. The molecule has 4 rings (SSSR count). The van der Waals surface area contributed by atoms with E-state index >= 15 is 0 Å². The van der Waals surface area contributed by atoms with E-state index in [9.17, 15) is 9.59 Å². The Morgan fingerprint density at radius 1 is 1.19 bits per heavy atom. The van der Waals surface area contributed by atoms with Crippen LogP contribution in [0.2, 0.25) is 0 Å². The Hall–Kier alpha value is -3.81. The molecule has 32 heavy (non-hydrogen) atoms. The zero-order chi connectivity index (χ0) is 22.5. The van der Waals surface area contributed by atoms with Gasteiger partial charge in [0, 0.05) is 25.1 Å². The number of esters is 1. The zero-order valence-corrected chi connectivity index (χ0v) is 18.1. The first-order valence-electron chi connectivity index (χ1n) is 10.5. The summed E-state index contributed by atoms with van der Waals surface area (Å²) in [5.41, 5.74) is 3.60. The molecule has 0 aliphatic carbocycles. The Morgan fingerprint density at radius 3 is 2.75 bits per heavy atom. The number of benzene rings is 2. The van der Waals surface area contributed by atoms with Gasteiger partial charge in [-0.05, 0) is 23.3 Å². The van der Waals surface area contributed by atoms with Crippen molar-refractivity contribution in [3.8, 4) is 5.75 Å². The summed E-state index contributed by atoms with van der Waals surface area (Å²) in [6.45, 7) is 0.474. The van der Waals surface area contributed by atoms with Gasteiger partial charge in [0.15, 0.2) is 0 Å². The number of ether oxygens (including phenoxy) is 2. The van der Waals surface area contributed by atoms with Crippen LogP contribution in [0.1, 0.15) is 28.6 Å². The molecular weight excluding hydrogens is 408 g/mol. The maximum Gasteiger partial charge on any atom is 0.328 e. The van der Waals surface area contributed by atoms with E-state index in [-0.39, 0.29) is 6.03 Å². The number of nitrogens with zero attached hydrogens (tertiary/aromatic N) is 2. The summed E-state index contributed by atoms with van der Waals surface area (Å²) >= 11 is 0. The number of aromatic amines is 1. The number of carbonyl (C=O) groups excluding carboxylic acids is 2. The van der Waals surface area contributed by atoms with E-state index in [2.05, 4.69) is 15.3 Å². The van der Waals surface area contributed by atoms with Gasteiger partial charge in [-0.3, -0.25) is 0 Å². The SMILES string of the molecule is COC(=O)[C@H](Cc1ccccc1)NC(=O)N1CCc2[nH]cnc2[C@@H]1c1cccc(OC)c1. The van der Waals surface area contributed by atoms with Crippen molar-refractivity contribution in [2.45, 2.75) is 24.9 Å². The zero-order valence-electron chi connectivity index (χ0n) is 18.1. The van der Waals surface area contributed by atoms with Crippen LogP contribution in [0.5, 0.6) is 5.75 Å². The first-order valence-corrected chi connectivity index (χ1v) is 10.5. The summed E-state index contributed by atoms with van der Waals surface area (Å²) in [5, 5.41) is 2.88. The molecule has 2 atom stereocenters. The smallest absolute Gasteiger partial charge is 0.328 e. The Morgan fingerprint density at radius 2 is 2.00 bits per heavy atom. The van der Waals surface area contributed by atoms with Crippen LogP contribution in [0, 0.1) is 0 Å². The normalized spacial score (nSPS) is 16.1. The summed E-state index contributed by atoms with van der Waals surface area (Å²) in [6.07, 6.45) is 2.63. The number of rotatable bonds is 6. The fourth-order valence-corrected chi connectivity index (χ4v) is 4.06. The molecule has 2 N–H and O–H groups in total. The Balaban J connectivity index is 1.62. The van der Waals surface area contributed by atoms with E-state index in [0.717, 1.165) is 22.5 Å². The van der Waals surface area contributed by atoms with Crippen LogP contribution < -0.4 is 10.1 Å². The van der Waals surface area contributed by atoms with Crippen LogP contribution in [-0.2, 0) is 22.4 Å². The van der Waals surface area contributed by atoms with E-state index in [1.807, 2.05) is 54.6 Å². The van der Waals surface area contributed by atoms with Crippen molar-refractivity contribution in [2.75, 3.05) is 20.8 Å². The molecule has 1 aromatic heterocycles. The van der Waals surface area contributed by atoms with E-state index in [1.165, 1.54) is 7.11 Å². The van der Waals surface area contributed by atoms with Gasteiger partial charge in [-0.2, -0.15) is 0 Å². The fourth-order valence-electron chi connectivity index (χ4n) is 4.06. The lowest BCUT2D eigenvalue weighted by Crippen LogP contribution is -2.52. The number of amides is 2. The highest BCUT2D eigenvalue weighted by Crippen LogP contribution is 2.34. The van der Waals surface area contributed by atoms with Crippen molar-refractivity contribution >= 4 is 12.0 Å². The third-order valence-corrected chi connectivity index (χ3v) is 5.66. The molecule has 8 heteroatoms. The average Bonchev–Trinajstić information content (AvgIpc) is 3.32. The van der Waals surface area contributed by atoms with Crippen molar-refractivity contribution in [1.82, 2.24) is 20.2 Å². The number of fused-ring (bicyclic) bond motifs is 1. The van der Waals surface area contributed by atoms with Gasteiger partial charge in [-0.1, -0.05) is 42.5 Å². The van der Waals surface area contributed by atoms with Crippen LogP contribution in [0.15, 0.2) is 60.9 Å². The van der Waals surface area contributed by atoms with Gasteiger partial charge >= 0.3 is 12.0 Å². The maximum atomic E-state index is 13.4. The third-order valence-electron chi connectivity index (χ3n) is 5.66. The first kappa shape index (κ1) is 21.4. The van der Waals surface area contributed by atoms with Crippen molar-refractivity contribution in [3.05, 3.63) is 83.4 Å². The second kappa shape index (κ2) is 9.55. The van der Waals surface area contributed by atoms with Crippen molar-refractivity contribution in [2.24, 2.45) is 0 Å². The van der Waals surface area contributed by atoms with Gasteiger partial charge in [0.2, 0.25) is 0 Å². The summed E-state index contributed by atoms with van der Waals surface area (Å²) in [6, 6.07) is 15.6. The molecule has 0 spiro atoms. The minimum absolute atomic E-state index is 0.338.